The molecule has 3 unspecified atom stereocenters. The number of aliphatic hydroxyl groups is 3. The zero-order valence-electron chi connectivity index (χ0n) is 13.8. The molecular formula is C15H23Br3O6. The van der Waals surface area contributed by atoms with Crippen molar-refractivity contribution in [3.63, 3.8) is 0 Å². The van der Waals surface area contributed by atoms with Crippen molar-refractivity contribution in [2.24, 2.45) is 10.8 Å². The van der Waals surface area contributed by atoms with E-state index >= 15 is 0 Å². The summed E-state index contributed by atoms with van der Waals surface area (Å²) in [5.74, 6) is -2.01. The van der Waals surface area contributed by atoms with Crippen LogP contribution in [-0.2, 0) is 14.4 Å². The van der Waals surface area contributed by atoms with Crippen molar-refractivity contribution in [1.82, 2.24) is 0 Å². The molecule has 0 aromatic rings. The maximum absolute atomic E-state index is 12.9. The summed E-state index contributed by atoms with van der Waals surface area (Å²) in [7, 11) is 0. The lowest BCUT2D eigenvalue weighted by Crippen LogP contribution is -2.57. The lowest BCUT2D eigenvalue weighted by Gasteiger charge is -2.40. The van der Waals surface area contributed by atoms with Crippen LogP contribution in [0.15, 0.2) is 0 Å². The van der Waals surface area contributed by atoms with Gasteiger partial charge >= 0.3 is 0 Å². The molecule has 0 amide bonds. The zero-order valence-corrected chi connectivity index (χ0v) is 18.5. The summed E-state index contributed by atoms with van der Waals surface area (Å²) < 4.78 is 0. The second-order valence-electron chi connectivity index (χ2n) is 6.00. The Morgan fingerprint density at radius 1 is 0.750 bits per heavy atom. The van der Waals surface area contributed by atoms with Crippen LogP contribution in [0.5, 0.6) is 0 Å². The standard InChI is InChI=1S/C15H23Br3O6/c1-8(16)11(22)15(12(23)9(2)17,13(24)10(3)18)4-14(5-19,6-20)7-21/h8-10,19-21H,4-7H2,1-3H3. The van der Waals surface area contributed by atoms with E-state index in [2.05, 4.69) is 47.8 Å². The molecule has 24 heavy (non-hydrogen) atoms. The number of hydrogen-bond acceptors (Lipinski definition) is 6. The van der Waals surface area contributed by atoms with E-state index in [1.54, 1.807) is 0 Å². The van der Waals surface area contributed by atoms with Gasteiger partial charge in [0.1, 0.15) is 5.41 Å². The van der Waals surface area contributed by atoms with E-state index in [0.717, 1.165) is 0 Å². The number of rotatable bonds is 11. The van der Waals surface area contributed by atoms with Crippen molar-refractivity contribution in [3.8, 4) is 0 Å². The van der Waals surface area contributed by atoms with Gasteiger partial charge < -0.3 is 15.3 Å². The molecule has 3 N–H and O–H groups in total. The number of aliphatic hydroxyl groups excluding tert-OH is 3. The van der Waals surface area contributed by atoms with Gasteiger partial charge in [-0.3, -0.25) is 14.4 Å². The predicted octanol–water partition coefficient (Wildman–Crippen LogP) is 1.38. The highest BCUT2D eigenvalue weighted by atomic mass is 79.9. The minimum Gasteiger partial charge on any atom is -0.396 e. The fourth-order valence-corrected chi connectivity index (χ4v) is 3.70. The van der Waals surface area contributed by atoms with E-state index in [1.165, 1.54) is 20.8 Å². The lowest BCUT2D eigenvalue weighted by atomic mass is 9.63. The Hall–Kier alpha value is 0.330. The molecule has 9 heteroatoms. The number of ketones is 3. The Balaban J connectivity index is 6.55. The highest BCUT2D eigenvalue weighted by Crippen LogP contribution is 2.42. The van der Waals surface area contributed by atoms with Crippen LogP contribution in [-0.4, -0.2) is 67.0 Å². The summed E-state index contributed by atoms with van der Waals surface area (Å²) in [5.41, 5.74) is -3.66. The Morgan fingerprint density at radius 2 is 1.00 bits per heavy atom. The van der Waals surface area contributed by atoms with Crippen molar-refractivity contribution in [1.29, 1.82) is 0 Å². The maximum Gasteiger partial charge on any atom is 0.167 e. The Bertz CT molecular complexity index is 413. The fourth-order valence-electron chi connectivity index (χ4n) is 2.52. The normalized spacial score (nSPS) is 18.4. The van der Waals surface area contributed by atoms with Crippen LogP contribution in [0, 0.1) is 10.8 Å². The average Bonchev–Trinajstić information content (AvgIpc) is 2.54. The summed E-state index contributed by atoms with van der Waals surface area (Å²) in [5, 5.41) is 28.8. The van der Waals surface area contributed by atoms with Gasteiger partial charge in [0.25, 0.3) is 0 Å². The van der Waals surface area contributed by atoms with Crippen molar-refractivity contribution in [2.75, 3.05) is 19.8 Å². The Morgan fingerprint density at radius 3 is 1.17 bits per heavy atom. The van der Waals surface area contributed by atoms with E-state index in [9.17, 15) is 29.7 Å². The first-order chi connectivity index (χ1) is 11.0. The topological polar surface area (TPSA) is 112 Å². The molecule has 0 aliphatic carbocycles. The van der Waals surface area contributed by atoms with Crippen LogP contribution >= 0.6 is 47.8 Å². The smallest absolute Gasteiger partial charge is 0.167 e. The van der Waals surface area contributed by atoms with Gasteiger partial charge in [0, 0.05) is 5.41 Å². The highest BCUT2D eigenvalue weighted by Gasteiger charge is 2.57. The van der Waals surface area contributed by atoms with E-state index in [0.29, 0.717) is 0 Å². The molecule has 6 nitrogen and oxygen atoms in total. The van der Waals surface area contributed by atoms with Crippen LogP contribution < -0.4 is 0 Å². The molecule has 0 aliphatic heterocycles. The summed E-state index contributed by atoms with van der Waals surface area (Å²) in [6, 6.07) is 0. The monoisotopic (exact) mass is 536 g/mol. The molecule has 3 atom stereocenters. The summed E-state index contributed by atoms with van der Waals surface area (Å²) in [6.45, 7) is 2.44. The second-order valence-corrected chi connectivity index (χ2v) is 10.1. The number of carbonyl (C=O) groups excluding carboxylic acids is 3. The zero-order chi connectivity index (χ0) is 19.3. The van der Waals surface area contributed by atoms with E-state index in [-0.39, 0.29) is 0 Å². The Labute approximate surface area is 166 Å². The number of carbonyl (C=O) groups is 3. The van der Waals surface area contributed by atoms with Crippen LogP contribution in [0.1, 0.15) is 27.2 Å². The van der Waals surface area contributed by atoms with E-state index < -0.39 is 68.9 Å². The largest absolute Gasteiger partial charge is 0.396 e. The minimum absolute atomic E-state index is 0.484. The molecule has 0 saturated carbocycles. The second kappa shape index (κ2) is 9.87. The van der Waals surface area contributed by atoms with Gasteiger partial charge in [-0.1, -0.05) is 47.8 Å². The van der Waals surface area contributed by atoms with Crippen LogP contribution in [0.4, 0.5) is 0 Å². The third kappa shape index (κ3) is 4.94. The molecule has 0 heterocycles. The molecule has 0 saturated heterocycles. The van der Waals surface area contributed by atoms with E-state index in [1.807, 2.05) is 0 Å². The quantitative estimate of drug-likeness (QED) is 0.271. The third-order valence-electron chi connectivity index (χ3n) is 3.99. The van der Waals surface area contributed by atoms with Gasteiger partial charge in [0.2, 0.25) is 0 Å². The van der Waals surface area contributed by atoms with Crippen molar-refractivity contribution >= 4 is 65.1 Å². The molecule has 0 radical (unpaired) electrons. The molecular weight excluding hydrogens is 516 g/mol. The highest BCUT2D eigenvalue weighted by molar-refractivity contribution is 9.10. The SMILES string of the molecule is CC(Br)C(=O)C(CC(CO)(CO)CO)(C(=O)C(C)Br)C(=O)C(C)Br. The van der Waals surface area contributed by atoms with Gasteiger partial charge in [-0.25, -0.2) is 0 Å². The molecule has 0 rings (SSSR count). The van der Waals surface area contributed by atoms with Crippen LogP contribution in [0.2, 0.25) is 0 Å². The van der Waals surface area contributed by atoms with Gasteiger partial charge in [-0.05, 0) is 27.2 Å². The van der Waals surface area contributed by atoms with Crippen molar-refractivity contribution in [2.45, 2.75) is 41.7 Å². The van der Waals surface area contributed by atoms with Crippen LogP contribution in [0.3, 0.4) is 0 Å². The first-order valence-corrected chi connectivity index (χ1v) is 10.1. The Kier molecular flexibility index (Phi) is 10.0. The molecule has 0 spiro atoms. The minimum atomic E-state index is -2.11. The predicted molar refractivity (Wildman–Crippen MR) is 101 cm³/mol. The van der Waals surface area contributed by atoms with Crippen molar-refractivity contribution < 1.29 is 29.7 Å². The van der Waals surface area contributed by atoms with Crippen molar-refractivity contribution in [3.05, 3.63) is 0 Å². The molecule has 0 aromatic heterocycles. The molecule has 140 valence electrons. The fraction of sp³-hybridized carbons (Fsp3) is 0.800. The lowest BCUT2D eigenvalue weighted by molar-refractivity contribution is -0.153. The third-order valence-corrected chi connectivity index (χ3v) is 5.24. The van der Waals surface area contributed by atoms with Crippen LogP contribution in [0.25, 0.3) is 0 Å². The first-order valence-electron chi connectivity index (χ1n) is 7.33. The molecule has 0 fully saturated rings. The first kappa shape index (κ1) is 24.3. The van der Waals surface area contributed by atoms with Gasteiger partial charge in [0.05, 0.1) is 34.3 Å². The average molecular weight is 539 g/mol. The summed E-state index contributed by atoms with van der Waals surface area (Å²) in [6.07, 6.45) is -0.484. The number of halogens is 3. The van der Waals surface area contributed by atoms with Gasteiger partial charge in [-0.15, -0.1) is 0 Å². The number of hydrogen-bond donors (Lipinski definition) is 3. The number of alkyl halides is 3. The molecule has 0 aliphatic rings. The maximum atomic E-state index is 12.9. The molecule has 0 aromatic carbocycles. The van der Waals surface area contributed by atoms with Gasteiger partial charge in [0.15, 0.2) is 17.3 Å². The molecule has 0 bridgehead atoms. The van der Waals surface area contributed by atoms with Gasteiger partial charge in [-0.2, -0.15) is 0 Å². The summed E-state index contributed by atoms with van der Waals surface area (Å²) >= 11 is 9.34. The summed E-state index contributed by atoms with van der Waals surface area (Å²) in [4.78, 5) is 36.3. The number of Topliss-reactive ketones (excluding diaryl/α,β-unsaturated/α-hetero) is 3. The van der Waals surface area contributed by atoms with E-state index in [4.69, 9.17) is 0 Å².